The fourth-order valence-corrected chi connectivity index (χ4v) is 2.05. The van der Waals surface area contributed by atoms with Crippen LogP contribution in [0.15, 0.2) is 46.9 Å². The van der Waals surface area contributed by atoms with Crippen molar-refractivity contribution in [2.24, 2.45) is 0 Å². The molecule has 0 unspecified atom stereocenters. The molecule has 2 nitrogen and oxygen atoms in total. The maximum absolute atomic E-state index is 13.5. The minimum atomic E-state index is -0.234. The van der Waals surface area contributed by atoms with Crippen LogP contribution in [0.4, 0.5) is 10.1 Å². The second-order valence-corrected chi connectivity index (χ2v) is 5.13. The zero-order valence-corrected chi connectivity index (χ0v) is 12.2. The van der Waals surface area contributed by atoms with Gasteiger partial charge >= 0.3 is 0 Å². The Morgan fingerprint density at radius 2 is 2.05 bits per heavy atom. The maximum atomic E-state index is 13.5. The molecule has 0 aromatic heterocycles. The number of hydrogen-bond acceptors (Lipinski definition) is 2. The topological polar surface area (TPSA) is 21.3 Å². The van der Waals surface area contributed by atoms with E-state index in [1.54, 1.807) is 6.07 Å². The largest absolute Gasteiger partial charge is 0.492 e. The van der Waals surface area contributed by atoms with Crippen LogP contribution in [0.3, 0.4) is 0 Å². The molecule has 2 aromatic carbocycles. The van der Waals surface area contributed by atoms with Crippen LogP contribution in [0.25, 0.3) is 0 Å². The first-order valence-corrected chi connectivity index (χ1v) is 6.83. The van der Waals surface area contributed by atoms with E-state index in [2.05, 4.69) is 21.2 Å². The van der Waals surface area contributed by atoms with Gasteiger partial charge in [0.05, 0.1) is 5.69 Å². The monoisotopic (exact) mass is 323 g/mol. The van der Waals surface area contributed by atoms with Crippen molar-refractivity contribution in [3.8, 4) is 5.75 Å². The van der Waals surface area contributed by atoms with E-state index in [0.717, 1.165) is 15.8 Å². The van der Waals surface area contributed by atoms with Crippen molar-refractivity contribution in [2.45, 2.75) is 6.92 Å². The number of aryl methyl sites for hydroxylation is 1. The van der Waals surface area contributed by atoms with Crippen molar-refractivity contribution >= 4 is 21.6 Å². The molecule has 4 heteroatoms. The summed E-state index contributed by atoms with van der Waals surface area (Å²) in [7, 11) is 0. The van der Waals surface area contributed by atoms with Gasteiger partial charge in [-0.15, -0.1) is 0 Å². The molecule has 0 bridgehead atoms. The lowest BCUT2D eigenvalue weighted by Gasteiger charge is -2.10. The van der Waals surface area contributed by atoms with Gasteiger partial charge in [0, 0.05) is 11.0 Å². The summed E-state index contributed by atoms with van der Waals surface area (Å²) in [6, 6.07) is 12.8. The zero-order chi connectivity index (χ0) is 13.7. The van der Waals surface area contributed by atoms with Crippen molar-refractivity contribution in [3.05, 3.63) is 58.3 Å². The Labute approximate surface area is 120 Å². The number of hydrogen-bond donors (Lipinski definition) is 1. The molecule has 100 valence electrons. The van der Waals surface area contributed by atoms with Crippen LogP contribution in [0.5, 0.6) is 5.75 Å². The van der Waals surface area contributed by atoms with Gasteiger partial charge in [0.1, 0.15) is 18.2 Å². The predicted molar refractivity (Wildman–Crippen MR) is 79.3 cm³/mol. The molecule has 0 heterocycles. The van der Waals surface area contributed by atoms with Crippen LogP contribution in [-0.4, -0.2) is 13.2 Å². The molecule has 0 saturated heterocycles. The molecular formula is C15H15BrFNO. The summed E-state index contributed by atoms with van der Waals surface area (Å²) in [5, 5.41) is 3.01. The van der Waals surface area contributed by atoms with Crippen molar-refractivity contribution in [1.82, 2.24) is 0 Å². The number of ether oxygens (including phenoxy) is 1. The van der Waals surface area contributed by atoms with Crippen LogP contribution in [-0.2, 0) is 0 Å². The first-order chi connectivity index (χ1) is 9.15. The van der Waals surface area contributed by atoms with Crippen molar-refractivity contribution < 1.29 is 9.13 Å². The highest BCUT2D eigenvalue weighted by Crippen LogP contribution is 2.18. The van der Waals surface area contributed by atoms with Crippen molar-refractivity contribution in [1.29, 1.82) is 0 Å². The zero-order valence-electron chi connectivity index (χ0n) is 10.6. The second-order valence-electron chi connectivity index (χ2n) is 4.22. The molecule has 0 aliphatic carbocycles. The Morgan fingerprint density at radius 3 is 2.79 bits per heavy atom. The predicted octanol–water partition coefficient (Wildman–Crippen LogP) is 4.39. The first kappa shape index (κ1) is 13.9. The normalized spacial score (nSPS) is 10.3. The van der Waals surface area contributed by atoms with Crippen LogP contribution >= 0.6 is 15.9 Å². The molecule has 0 spiro atoms. The average molecular weight is 324 g/mol. The summed E-state index contributed by atoms with van der Waals surface area (Å²) in [6.07, 6.45) is 0. The Morgan fingerprint density at radius 1 is 1.21 bits per heavy atom. The molecule has 1 N–H and O–H groups in total. The molecule has 0 aliphatic heterocycles. The van der Waals surface area contributed by atoms with E-state index >= 15 is 0 Å². The summed E-state index contributed by atoms with van der Waals surface area (Å²) >= 11 is 3.38. The summed E-state index contributed by atoms with van der Waals surface area (Å²) in [5.41, 5.74) is 1.41. The first-order valence-electron chi connectivity index (χ1n) is 6.03. The Hall–Kier alpha value is -1.55. The van der Waals surface area contributed by atoms with Crippen molar-refractivity contribution in [3.63, 3.8) is 0 Å². The summed E-state index contributed by atoms with van der Waals surface area (Å²) in [4.78, 5) is 0. The third-order valence-electron chi connectivity index (χ3n) is 2.61. The molecule has 19 heavy (non-hydrogen) atoms. The van der Waals surface area contributed by atoms with E-state index in [0.29, 0.717) is 18.8 Å². The van der Waals surface area contributed by atoms with E-state index in [9.17, 15) is 4.39 Å². The van der Waals surface area contributed by atoms with E-state index in [1.807, 2.05) is 37.3 Å². The highest BCUT2D eigenvalue weighted by molar-refractivity contribution is 9.10. The molecule has 0 saturated carbocycles. The quantitative estimate of drug-likeness (QED) is 0.824. The van der Waals surface area contributed by atoms with Gasteiger partial charge in [-0.2, -0.15) is 0 Å². The molecule has 0 amide bonds. The SMILES string of the molecule is Cc1ccc(NCCOc2cccc(Br)c2)c(F)c1. The number of nitrogens with one attached hydrogen (secondary N) is 1. The van der Waals surface area contributed by atoms with Crippen LogP contribution < -0.4 is 10.1 Å². The van der Waals surface area contributed by atoms with Crippen LogP contribution in [0.1, 0.15) is 5.56 Å². The number of anilines is 1. The standard InChI is InChI=1S/C15H15BrFNO/c1-11-5-6-15(14(17)9-11)18-7-8-19-13-4-2-3-12(16)10-13/h2-6,9-10,18H,7-8H2,1H3. The lowest BCUT2D eigenvalue weighted by atomic mass is 10.2. The van der Waals surface area contributed by atoms with E-state index in [-0.39, 0.29) is 5.82 Å². The Balaban J connectivity index is 1.81. The summed E-state index contributed by atoms with van der Waals surface area (Å²) in [6.45, 7) is 2.89. The number of halogens is 2. The molecular weight excluding hydrogens is 309 g/mol. The number of rotatable bonds is 5. The summed E-state index contributed by atoms with van der Waals surface area (Å²) in [5.74, 6) is 0.558. The highest BCUT2D eigenvalue weighted by Gasteiger charge is 2.01. The minimum absolute atomic E-state index is 0.234. The second kappa shape index (κ2) is 6.57. The Kier molecular flexibility index (Phi) is 4.80. The molecule has 2 rings (SSSR count). The van der Waals surface area contributed by atoms with Gasteiger partial charge in [0.2, 0.25) is 0 Å². The number of benzene rings is 2. The smallest absolute Gasteiger partial charge is 0.146 e. The van der Waals surface area contributed by atoms with Gasteiger partial charge in [-0.05, 0) is 42.8 Å². The van der Waals surface area contributed by atoms with E-state index < -0.39 is 0 Å². The van der Waals surface area contributed by atoms with Gasteiger partial charge in [-0.3, -0.25) is 0 Å². The third kappa shape index (κ3) is 4.24. The lowest BCUT2D eigenvalue weighted by molar-refractivity contribution is 0.332. The van der Waals surface area contributed by atoms with E-state index in [1.165, 1.54) is 6.07 Å². The van der Waals surface area contributed by atoms with Crippen molar-refractivity contribution in [2.75, 3.05) is 18.5 Å². The molecule has 0 atom stereocenters. The third-order valence-corrected chi connectivity index (χ3v) is 3.10. The van der Waals surface area contributed by atoms with E-state index in [4.69, 9.17) is 4.74 Å². The van der Waals surface area contributed by atoms with Crippen LogP contribution in [0.2, 0.25) is 0 Å². The molecule has 0 radical (unpaired) electrons. The van der Waals surface area contributed by atoms with Gasteiger partial charge in [-0.25, -0.2) is 4.39 Å². The van der Waals surface area contributed by atoms with Gasteiger partial charge < -0.3 is 10.1 Å². The maximum Gasteiger partial charge on any atom is 0.146 e. The molecule has 0 aliphatic rings. The molecule has 0 fully saturated rings. The fraction of sp³-hybridized carbons (Fsp3) is 0.200. The Bertz CT molecular complexity index is 560. The van der Waals surface area contributed by atoms with Gasteiger partial charge in [0.15, 0.2) is 0 Å². The summed E-state index contributed by atoms with van der Waals surface area (Å²) < 4.78 is 20.1. The lowest BCUT2D eigenvalue weighted by Crippen LogP contribution is -2.12. The van der Waals surface area contributed by atoms with Gasteiger partial charge in [0.25, 0.3) is 0 Å². The highest BCUT2D eigenvalue weighted by atomic mass is 79.9. The average Bonchev–Trinajstić information content (AvgIpc) is 2.37. The molecule has 2 aromatic rings. The fourth-order valence-electron chi connectivity index (χ4n) is 1.67. The van der Waals surface area contributed by atoms with Crippen LogP contribution in [0, 0.1) is 12.7 Å². The minimum Gasteiger partial charge on any atom is -0.492 e. The van der Waals surface area contributed by atoms with Gasteiger partial charge in [-0.1, -0.05) is 28.1 Å².